The topological polar surface area (TPSA) is 81.7 Å². The lowest BCUT2D eigenvalue weighted by atomic mass is 10.1. The first-order valence-corrected chi connectivity index (χ1v) is 9.19. The van der Waals surface area contributed by atoms with Crippen molar-refractivity contribution in [3.8, 4) is 0 Å². The summed E-state index contributed by atoms with van der Waals surface area (Å²) in [5.41, 5.74) is 0. The third-order valence-corrected chi connectivity index (χ3v) is 4.09. The van der Waals surface area contributed by atoms with Gasteiger partial charge in [0.2, 0.25) is 0 Å². The normalized spacial score (nSPS) is 15.8. The minimum atomic E-state index is -0.644. The second-order valence-corrected chi connectivity index (χ2v) is 6.78. The van der Waals surface area contributed by atoms with Crippen LogP contribution in [0.15, 0.2) is 12.2 Å². The van der Waals surface area contributed by atoms with Gasteiger partial charge in [0.1, 0.15) is 0 Å². The van der Waals surface area contributed by atoms with Gasteiger partial charge in [0.15, 0.2) is 6.35 Å². The quantitative estimate of drug-likeness (QED) is 0.255. The predicted molar refractivity (Wildman–Crippen MR) is 95.0 cm³/mol. The van der Waals surface area contributed by atoms with Gasteiger partial charge in [-0.2, -0.15) is 0 Å². The molecule has 3 N–H and O–H groups in total. The molecule has 6 heteroatoms. The van der Waals surface area contributed by atoms with Crippen LogP contribution in [-0.2, 0) is 9.59 Å². The van der Waals surface area contributed by atoms with Gasteiger partial charge in [-0.3, -0.25) is 25.1 Å². The zero-order valence-corrected chi connectivity index (χ0v) is 15.1. The minimum Gasteiger partial charge on any atom is -0.365 e. The standard InChI is InChI=1S/C18H33N3O3/c1-15(2)9-5-7-13-20-18(24)19-12-6-3-4-8-14-21-16(22)10-11-17(21)23/h10-11,15,18-20,24H,3-9,12-14H2,1-2H3. The minimum absolute atomic E-state index is 0.204. The van der Waals surface area contributed by atoms with Crippen molar-refractivity contribution in [3.05, 3.63) is 12.2 Å². The Balaban J connectivity index is 1.87. The zero-order chi connectivity index (χ0) is 17.8. The first-order valence-electron chi connectivity index (χ1n) is 9.19. The molecule has 0 radical (unpaired) electrons. The van der Waals surface area contributed by atoms with Crippen LogP contribution in [0.3, 0.4) is 0 Å². The van der Waals surface area contributed by atoms with Gasteiger partial charge in [-0.15, -0.1) is 0 Å². The van der Waals surface area contributed by atoms with Crippen LogP contribution in [-0.4, -0.2) is 47.8 Å². The number of hydrogen-bond acceptors (Lipinski definition) is 5. The third-order valence-electron chi connectivity index (χ3n) is 4.09. The van der Waals surface area contributed by atoms with Crippen molar-refractivity contribution >= 4 is 11.8 Å². The van der Waals surface area contributed by atoms with E-state index in [1.165, 1.54) is 29.9 Å². The van der Waals surface area contributed by atoms with Crippen molar-refractivity contribution in [1.82, 2.24) is 15.5 Å². The summed E-state index contributed by atoms with van der Waals surface area (Å²) in [6.45, 7) is 6.53. The molecule has 1 aliphatic rings. The Bertz CT molecular complexity index is 392. The molecule has 0 aromatic carbocycles. The van der Waals surface area contributed by atoms with Gasteiger partial charge in [-0.1, -0.05) is 39.5 Å². The van der Waals surface area contributed by atoms with E-state index in [9.17, 15) is 14.7 Å². The molecule has 138 valence electrons. The van der Waals surface area contributed by atoms with Gasteiger partial charge < -0.3 is 5.11 Å². The number of carbonyl (C=O) groups is 2. The van der Waals surface area contributed by atoms with Crippen LogP contribution in [0.1, 0.15) is 58.8 Å². The lowest BCUT2D eigenvalue weighted by molar-refractivity contribution is -0.136. The summed E-state index contributed by atoms with van der Waals surface area (Å²) in [7, 11) is 0. The maximum Gasteiger partial charge on any atom is 0.253 e. The Hall–Kier alpha value is -1.24. The fourth-order valence-electron chi connectivity index (χ4n) is 2.63. The summed E-state index contributed by atoms with van der Waals surface area (Å²) in [4.78, 5) is 24.0. The van der Waals surface area contributed by atoms with Crippen LogP contribution in [0.4, 0.5) is 0 Å². The van der Waals surface area contributed by atoms with Crippen LogP contribution in [0.25, 0.3) is 0 Å². The van der Waals surface area contributed by atoms with E-state index in [4.69, 9.17) is 0 Å². The first kappa shape index (κ1) is 20.8. The molecule has 0 aromatic heterocycles. The van der Waals surface area contributed by atoms with Crippen LogP contribution < -0.4 is 10.6 Å². The Morgan fingerprint density at radius 3 is 2.04 bits per heavy atom. The van der Waals surface area contributed by atoms with E-state index < -0.39 is 6.35 Å². The van der Waals surface area contributed by atoms with Gasteiger partial charge in [-0.05, 0) is 38.3 Å². The molecule has 1 rings (SSSR count). The molecular formula is C18H33N3O3. The molecule has 24 heavy (non-hydrogen) atoms. The van der Waals surface area contributed by atoms with E-state index in [0.717, 1.165) is 51.1 Å². The molecule has 0 spiro atoms. The predicted octanol–water partition coefficient (Wildman–Crippen LogP) is 1.75. The molecule has 0 fully saturated rings. The molecule has 1 atom stereocenters. The largest absolute Gasteiger partial charge is 0.365 e. The summed E-state index contributed by atoms with van der Waals surface area (Å²) in [5.74, 6) is 0.333. The number of imide groups is 1. The molecule has 1 aliphatic heterocycles. The Morgan fingerprint density at radius 1 is 0.917 bits per heavy atom. The Kier molecular flexibility index (Phi) is 10.5. The number of rotatable bonds is 14. The zero-order valence-electron chi connectivity index (χ0n) is 15.1. The highest BCUT2D eigenvalue weighted by Crippen LogP contribution is 2.07. The second kappa shape index (κ2) is 12.2. The van der Waals surface area contributed by atoms with E-state index in [0.29, 0.717) is 6.54 Å². The molecule has 0 saturated carbocycles. The molecule has 0 aliphatic carbocycles. The van der Waals surface area contributed by atoms with Gasteiger partial charge in [-0.25, -0.2) is 0 Å². The maximum absolute atomic E-state index is 11.4. The average molecular weight is 339 g/mol. The Morgan fingerprint density at radius 2 is 1.46 bits per heavy atom. The lowest BCUT2D eigenvalue weighted by Crippen LogP contribution is -2.42. The fraction of sp³-hybridized carbons (Fsp3) is 0.778. The summed E-state index contributed by atoms with van der Waals surface area (Å²) in [5, 5.41) is 15.9. The van der Waals surface area contributed by atoms with Crippen molar-refractivity contribution in [1.29, 1.82) is 0 Å². The van der Waals surface area contributed by atoms with E-state index in [2.05, 4.69) is 24.5 Å². The molecular weight excluding hydrogens is 306 g/mol. The number of nitrogens with zero attached hydrogens (tertiary/aromatic N) is 1. The molecule has 6 nitrogen and oxygen atoms in total. The maximum atomic E-state index is 11.4. The lowest BCUT2D eigenvalue weighted by Gasteiger charge is -2.15. The second-order valence-electron chi connectivity index (χ2n) is 6.78. The highest BCUT2D eigenvalue weighted by molar-refractivity contribution is 6.12. The Labute approximate surface area is 145 Å². The number of aliphatic hydroxyl groups is 1. The summed E-state index contributed by atoms with van der Waals surface area (Å²) in [6, 6.07) is 0. The van der Waals surface area contributed by atoms with Gasteiger partial charge in [0, 0.05) is 18.7 Å². The highest BCUT2D eigenvalue weighted by Gasteiger charge is 2.21. The number of nitrogens with one attached hydrogen (secondary N) is 2. The highest BCUT2D eigenvalue weighted by atomic mass is 16.3. The fourth-order valence-corrected chi connectivity index (χ4v) is 2.63. The van der Waals surface area contributed by atoms with Gasteiger partial charge in [0.25, 0.3) is 11.8 Å². The third kappa shape index (κ3) is 9.15. The SMILES string of the molecule is CC(C)CCCCNC(O)NCCCCCCN1C(=O)C=CC1=O. The van der Waals surface area contributed by atoms with Crippen LogP contribution >= 0.6 is 0 Å². The number of unbranched alkanes of at least 4 members (excludes halogenated alkanes) is 4. The van der Waals surface area contributed by atoms with Crippen LogP contribution in [0, 0.1) is 5.92 Å². The number of amides is 2. The molecule has 0 saturated heterocycles. The number of carbonyl (C=O) groups excluding carboxylic acids is 2. The molecule has 1 heterocycles. The van der Waals surface area contributed by atoms with Crippen molar-refractivity contribution in [2.24, 2.45) is 5.92 Å². The smallest absolute Gasteiger partial charge is 0.253 e. The van der Waals surface area contributed by atoms with E-state index in [1.807, 2.05) is 0 Å². The van der Waals surface area contributed by atoms with Crippen LogP contribution in [0.5, 0.6) is 0 Å². The van der Waals surface area contributed by atoms with Crippen molar-refractivity contribution in [2.75, 3.05) is 19.6 Å². The molecule has 0 bridgehead atoms. The summed E-state index contributed by atoms with van der Waals surface area (Å²) in [6.07, 6.45) is 9.28. The number of aliphatic hydroxyl groups excluding tert-OH is 1. The van der Waals surface area contributed by atoms with Gasteiger partial charge >= 0.3 is 0 Å². The first-order chi connectivity index (χ1) is 11.5. The summed E-state index contributed by atoms with van der Waals surface area (Å²) < 4.78 is 0. The summed E-state index contributed by atoms with van der Waals surface area (Å²) >= 11 is 0. The van der Waals surface area contributed by atoms with Crippen molar-refractivity contribution in [3.63, 3.8) is 0 Å². The monoisotopic (exact) mass is 339 g/mol. The van der Waals surface area contributed by atoms with Crippen LogP contribution in [0.2, 0.25) is 0 Å². The van der Waals surface area contributed by atoms with E-state index >= 15 is 0 Å². The molecule has 1 unspecified atom stereocenters. The van der Waals surface area contributed by atoms with Gasteiger partial charge in [0.05, 0.1) is 0 Å². The van der Waals surface area contributed by atoms with E-state index in [1.54, 1.807) is 0 Å². The average Bonchev–Trinajstić information content (AvgIpc) is 2.85. The van der Waals surface area contributed by atoms with Crippen molar-refractivity contribution < 1.29 is 14.7 Å². The molecule has 2 amide bonds. The van der Waals surface area contributed by atoms with E-state index in [-0.39, 0.29) is 11.8 Å². The number of hydrogen-bond donors (Lipinski definition) is 3. The molecule has 0 aromatic rings. The van der Waals surface area contributed by atoms with Crippen molar-refractivity contribution in [2.45, 2.75) is 65.1 Å².